The predicted octanol–water partition coefficient (Wildman–Crippen LogP) is 0.504. The summed E-state index contributed by atoms with van der Waals surface area (Å²) in [6, 6.07) is 0.835. The monoisotopic (exact) mass is 172 g/mol. The number of hydrogen-bond acceptors (Lipinski definition) is 3. The minimum atomic E-state index is 0.319. The SMILES string of the molecule is CNC(CC=O)CC(C)N(C)C. The number of carbonyl (C=O) groups excluding carboxylic acids is 1. The van der Waals surface area contributed by atoms with Crippen molar-refractivity contribution in [1.82, 2.24) is 10.2 Å². The van der Waals surface area contributed by atoms with E-state index in [1.807, 2.05) is 7.05 Å². The molecule has 0 heterocycles. The molecule has 0 amide bonds. The molecule has 1 N–H and O–H groups in total. The van der Waals surface area contributed by atoms with Crippen LogP contribution in [0.15, 0.2) is 0 Å². The normalized spacial score (nSPS) is 16.1. The van der Waals surface area contributed by atoms with Gasteiger partial charge in [-0.1, -0.05) is 0 Å². The van der Waals surface area contributed by atoms with Crippen molar-refractivity contribution in [2.45, 2.75) is 31.8 Å². The lowest BCUT2D eigenvalue weighted by Gasteiger charge is -2.24. The topological polar surface area (TPSA) is 32.3 Å². The Morgan fingerprint density at radius 3 is 2.42 bits per heavy atom. The third kappa shape index (κ3) is 4.46. The van der Waals surface area contributed by atoms with Crippen LogP contribution in [0.1, 0.15) is 19.8 Å². The molecule has 3 nitrogen and oxygen atoms in total. The smallest absolute Gasteiger partial charge is 0.121 e. The molecule has 0 aromatic heterocycles. The summed E-state index contributed by atoms with van der Waals surface area (Å²) in [5, 5.41) is 3.13. The first-order valence-electron chi connectivity index (χ1n) is 4.39. The van der Waals surface area contributed by atoms with Crippen LogP contribution >= 0.6 is 0 Å². The van der Waals surface area contributed by atoms with Gasteiger partial charge in [-0.25, -0.2) is 0 Å². The second-order valence-corrected chi connectivity index (χ2v) is 3.44. The summed E-state index contributed by atoms with van der Waals surface area (Å²) >= 11 is 0. The molecule has 0 aromatic rings. The van der Waals surface area contributed by atoms with Gasteiger partial charge in [0.15, 0.2) is 0 Å². The van der Waals surface area contributed by atoms with E-state index in [0.29, 0.717) is 18.5 Å². The maximum absolute atomic E-state index is 10.3. The van der Waals surface area contributed by atoms with Crippen LogP contribution in [0.5, 0.6) is 0 Å². The van der Waals surface area contributed by atoms with Crippen molar-refractivity contribution in [2.24, 2.45) is 0 Å². The number of nitrogens with one attached hydrogen (secondary N) is 1. The summed E-state index contributed by atoms with van der Waals surface area (Å²) in [6.07, 6.45) is 2.60. The second kappa shape index (κ2) is 6.14. The van der Waals surface area contributed by atoms with Crippen molar-refractivity contribution in [3.8, 4) is 0 Å². The van der Waals surface area contributed by atoms with Gasteiger partial charge in [0.1, 0.15) is 6.29 Å². The molecule has 0 radical (unpaired) electrons. The maximum Gasteiger partial charge on any atom is 0.121 e. The first-order chi connectivity index (χ1) is 5.61. The Morgan fingerprint density at radius 2 is 2.08 bits per heavy atom. The molecule has 0 aliphatic rings. The molecule has 0 fully saturated rings. The van der Waals surface area contributed by atoms with Crippen LogP contribution in [0.4, 0.5) is 0 Å². The molecule has 0 rings (SSSR count). The molecule has 0 aliphatic carbocycles. The first kappa shape index (κ1) is 11.6. The van der Waals surface area contributed by atoms with Gasteiger partial charge in [-0.15, -0.1) is 0 Å². The summed E-state index contributed by atoms with van der Waals surface area (Å²) in [5.74, 6) is 0. The van der Waals surface area contributed by atoms with E-state index in [4.69, 9.17) is 0 Å². The first-order valence-corrected chi connectivity index (χ1v) is 4.39. The molecule has 0 saturated heterocycles. The lowest BCUT2D eigenvalue weighted by atomic mass is 10.1. The molecule has 12 heavy (non-hydrogen) atoms. The number of hydrogen-bond donors (Lipinski definition) is 1. The van der Waals surface area contributed by atoms with Gasteiger partial charge < -0.3 is 15.0 Å². The van der Waals surface area contributed by atoms with Gasteiger partial charge in [-0.05, 0) is 34.5 Å². The van der Waals surface area contributed by atoms with E-state index >= 15 is 0 Å². The molecule has 2 unspecified atom stereocenters. The zero-order chi connectivity index (χ0) is 9.56. The van der Waals surface area contributed by atoms with Gasteiger partial charge in [0.05, 0.1) is 0 Å². The highest BCUT2D eigenvalue weighted by atomic mass is 16.1. The van der Waals surface area contributed by atoms with Crippen LogP contribution < -0.4 is 5.32 Å². The highest BCUT2D eigenvalue weighted by Crippen LogP contribution is 2.04. The van der Waals surface area contributed by atoms with Crippen molar-refractivity contribution in [2.75, 3.05) is 21.1 Å². The summed E-state index contributed by atoms with van der Waals surface area (Å²) in [7, 11) is 6.01. The van der Waals surface area contributed by atoms with E-state index in [0.717, 1.165) is 12.7 Å². The summed E-state index contributed by atoms with van der Waals surface area (Å²) in [5.41, 5.74) is 0. The Bertz CT molecular complexity index is 126. The Morgan fingerprint density at radius 1 is 1.50 bits per heavy atom. The van der Waals surface area contributed by atoms with Crippen LogP contribution in [-0.2, 0) is 4.79 Å². The van der Waals surface area contributed by atoms with Gasteiger partial charge in [0, 0.05) is 18.5 Å². The minimum Gasteiger partial charge on any atom is -0.317 e. The summed E-state index contributed by atoms with van der Waals surface area (Å²) in [6.45, 7) is 2.16. The number of rotatable bonds is 6. The maximum atomic E-state index is 10.3. The fourth-order valence-corrected chi connectivity index (χ4v) is 1.07. The quantitative estimate of drug-likeness (QED) is 0.592. The van der Waals surface area contributed by atoms with Gasteiger partial charge in [0.2, 0.25) is 0 Å². The molecule has 0 aliphatic heterocycles. The second-order valence-electron chi connectivity index (χ2n) is 3.44. The standard InChI is InChI=1S/C9H20N2O/c1-8(11(3)4)7-9(10-2)5-6-12/h6,8-10H,5,7H2,1-4H3. The van der Waals surface area contributed by atoms with E-state index in [9.17, 15) is 4.79 Å². The van der Waals surface area contributed by atoms with Crippen molar-refractivity contribution in [3.63, 3.8) is 0 Å². The largest absolute Gasteiger partial charge is 0.317 e. The Hall–Kier alpha value is -0.410. The molecular formula is C9H20N2O. The highest BCUT2D eigenvalue weighted by Gasteiger charge is 2.11. The van der Waals surface area contributed by atoms with Crippen molar-refractivity contribution in [1.29, 1.82) is 0 Å². The van der Waals surface area contributed by atoms with Gasteiger partial charge in [0.25, 0.3) is 0 Å². The highest BCUT2D eigenvalue weighted by molar-refractivity contribution is 5.50. The van der Waals surface area contributed by atoms with Crippen LogP contribution in [-0.4, -0.2) is 44.4 Å². The number of nitrogens with zero attached hydrogens (tertiary/aromatic N) is 1. The number of aldehydes is 1. The molecule has 72 valence electrons. The summed E-state index contributed by atoms with van der Waals surface area (Å²) < 4.78 is 0. The summed E-state index contributed by atoms with van der Waals surface area (Å²) in [4.78, 5) is 12.4. The molecule has 2 atom stereocenters. The van der Waals surface area contributed by atoms with Gasteiger partial charge in [-0.2, -0.15) is 0 Å². The molecule has 0 bridgehead atoms. The fraction of sp³-hybridized carbons (Fsp3) is 0.889. The van der Waals surface area contributed by atoms with E-state index in [-0.39, 0.29) is 0 Å². The van der Waals surface area contributed by atoms with Crippen LogP contribution in [0.25, 0.3) is 0 Å². The molecule has 0 spiro atoms. The zero-order valence-corrected chi connectivity index (χ0v) is 8.50. The minimum absolute atomic E-state index is 0.319. The van der Waals surface area contributed by atoms with Crippen molar-refractivity contribution in [3.05, 3.63) is 0 Å². The van der Waals surface area contributed by atoms with Crippen LogP contribution in [0.3, 0.4) is 0 Å². The van der Waals surface area contributed by atoms with Crippen LogP contribution in [0.2, 0.25) is 0 Å². The zero-order valence-electron chi connectivity index (χ0n) is 8.50. The van der Waals surface area contributed by atoms with Crippen molar-refractivity contribution >= 4 is 6.29 Å². The molecule has 0 aromatic carbocycles. The number of carbonyl (C=O) groups is 1. The van der Waals surface area contributed by atoms with Crippen molar-refractivity contribution < 1.29 is 4.79 Å². The van der Waals surface area contributed by atoms with Crippen LogP contribution in [0, 0.1) is 0 Å². The lowest BCUT2D eigenvalue weighted by molar-refractivity contribution is -0.108. The Labute approximate surface area is 75.1 Å². The fourth-order valence-electron chi connectivity index (χ4n) is 1.07. The molecular weight excluding hydrogens is 152 g/mol. The Balaban J connectivity index is 3.75. The molecule has 0 saturated carbocycles. The third-order valence-corrected chi connectivity index (χ3v) is 2.30. The van der Waals surface area contributed by atoms with Gasteiger partial charge >= 0.3 is 0 Å². The molecule has 3 heteroatoms. The lowest BCUT2D eigenvalue weighted by Crippen LogP contribution is -2.35. The van der Waals surface area contributed by atoms with E-state index in [2.05, 4.69) is 31.2 Å². The Kier molecular flexibility index (Phi) is 5.93. The third-order valence-electron chi connectivity index (χ3n) is 2.30. The van der Waals surface area contributed by atoms with E-state index < -0.39 is 0 Å². The predicted molar refractivity (Wildman–Crippen MR) is 51.3 cm³/mol. The van der Waals surface area contributed by atoms with Gasteiger partial charge in [-0.3, -0.25) is 0 Å². The van der Waals surface area contributed by atoms with E-state index in [1.54, 1.807) is 0 Å². The van der Waals surface area contributed by atoms with E-state index in [1.165, 1.54) is 0 Å². The average Bonchev–Trinajstić information content (AvgIpc) is 2.03. The average molecular weight is 172 g/mol.